The Hall–Kier alpha value is -2.84. The molecule has 0 radical (unpaired) electrons. The number of benzene rings is 3. The van der Waals surface area contributed by atoms with Crippen LogP contribution in [0.3, 0.4) is 0 Å². The molecule has 0 aliphatic rings. The van der Waals surface area contributed by atoms with Crippen molar-refractivity contribution in [1.29, 1.82) is 0 Å². The molecule has 0 saturated carbocycles. The van der Waals surface area contributed by atoms with Gasteiger partial charge in [0.1, 0.15) is 24.5 Å². The summed E-state index contributed by atoms with van der Waals surface area (Å²) in [7, 11) is 0. The Morgan fingerprint density at radius 1 is 0.935 bits per heavy atom. The molecule has 4 rings (SSSR count). The molecule has 1 aromatic heterocycles. The highest BCUT2D eigenvalue weighted by atomic mass is 79.9. The number of hydrogen-bond donors (Lipinski definition) is 1. The fourth-order valence-corrected chi connectivity index (χ4v) is 3.32. The van der Waals surface area contributed by atoms with Crippen molar-refractivity contribution in [3.05, 3.63) is 88.7 Å². The van der Waals surface area contributed by atoms with Crippen molar-refractivity contribution in [2.24, 2.45) is 0 Å². The number of halogens is 5. The summed E-state index contributed by atoms with van der Waals surface area (Å²) in [4.78, 5) is 8.35. The van der Waals surface area contributed by atoms with Gasteiger partial charge in [0.2, 0.25) is 0 Å². The molecule has 4 aromatic rings. The van der Waals surface area contributed by atoms with Crippen LogP contribution in [0.4, 0.5) is 24.7 Å². The van der Waals surface area contributed by atoms with Gasteiger partial charge in [-0.25, -0.2) is 9.97 Å². The van der Waals surface area contributed by atoms with Crippen LogP contribution in [0.5, 0.6) is 5.75 Å². The van der Waals surface area contributed by atoms with Crippen LogP contribution < -0.4 is 10.1 Å². The summed E-state index contributed by atoms with van der Waals surface area (Å²) >= 11 is 3.39. The predicted molar refractivity (Wildman–Crippen MR) is 120 cm³/mol. The van der Waals surface area contributed by atoms with E-state index in [1.54, 1.807) is 36.4 Å². The molecular formula is C22H16BrClF3N3O. The maximum Gasteiger partial charge on any atom is 0.420 e. The number of anilines is 2. The third kappa shape index (κ3) is 5.45. The van der Waals surface area contributed by atoms with E-state index in [1.807, 2.05) is 12.1 Å². The summed E-state index contributed by atoms with van der Waals surface area (Å²) in [5.74, 6) is 0.180. The molecule has 31 heavy (non-hydrogen) atoms. The first-order valence-corrected chi connectivity index (χ1v) is 9.75. The normalized spacial score (nSPS) is 11.1. The van der Waals surface area contributed by atoms with Crippen molar-refractivity contribution in [3.63, 3.8) is 0 Å². The molecule has 9 heteroatoms. The van der Waals surface area contributed by atoms with E-state index in [0.717, 1.165) is 16.1 Å². The van der Waals surface area contributed by atoms with Gasteiger partial charge in [-0.05, 0) is 42.0 Å². The Labute approximate surface area is 191 Å². The molecule has 160 valence electrons. The van der Waals surface area contributed by atoms with Crippen LogP contribution >= 0.6 is 28.3 Å². The van der Waals surface area contributed by atoms with E-state index in [0.29, 0.717) is 16.7 Å². The van der Waals surface area contributed by atoms with Gasteiger partial charge >= 0.3 is 6.18 Å². The highest BCUT2D eigenvalue weighted by Crippen LogP contribution is 2.39. The molecule has 0 amide bonds. The molecule has 0 spiro atoms. The Kier molecular flexibility index (Phi) is 7.02. The quantitative estimate of drug-likeness (QED) is 0.310. The van der Waals surface area contributed by atoms with Gasteiger partial charge < -0.3 is 10.1 Å². The minimum atomic E-state index is -4.57. The van der Waals surface area contributed by atoms with Gasteiger partial charge in [-0.2, -0.15) is 13.2 Å². The van der Waals surface area contributed by atoms with E-state index in [2.05, 4.69) is 31.2 Å². The van der Waals surface area contributed by atoms with Gasteiger partial charge in [0.05, 0.1) is 11.1 Å². The Morgan fingerprint density at radius 2 is 1.71 bits per heavy atom. The number of nitrogens with one attached hydrogen (secondary N) is 1. The van der Waals surface area contributed by atoms with Gasteiger partial charge in [0.25, 0.3) is 0 Å². The number of nitrogens with zero attached hydrogens (tertiary/aromatic N) is 2. The zero-order chi connectivity index (χ0) is 21.1. The number of rotatable bonds is 5. The van der Waals surface area contributed by atoms with E-state index in [9.17, 15) is 13.2 Å². The van der Waals surface area contributed by atoms with Crippen molar-refractivity contribution >= 4 is 50.7 Å². The molecule has 1 heterocycles. The number of ether oxygens (including phenoxy) is 1. The van der Waals surface area contributed by atoms with E-state index >= 15 is 0 Å². The highest BCUT2D eigenvalue weighted by molar-refractivity contribution is 9.10. The van der Waals surface area contributed by atoms with Gasteiger partial charge in [-0.3, -0.25) is 0 Å². The second-order valence-electron chi connectivity index (χ2n) is 6.49. The maximum atomic E-state index is 13.7. The van der Waals surface area contributed by atoms with E-state index in [-0.39, 0.29) is 30.5 Å². The summed E-state index contributed by atoms with van der Waals surface area (Å²) in [5, 5.41) is 3.65. The molecule has 0 aliphatic carbocycles. The van der Waals surface area contributed by atoms with Crippen molar-refractivity contribution in [3.8, 4) is 5.75 Å². The molecule has 0 fully saturated rings. The second-order valence-corrected chi connectivity index (χ2v) is 7.41. The largest absolute Gasteiger partial charge is 0.488 e. The summed E-state index contributed by atoms with van der Waals surface area (Å²) in [6.45, 7) is 0.0429. The molecule has 4 nitrogen and oxygen atoms in total. The van der Waals surface area contributed by atoms with Crippen LogP contribution in [-0.4, -0.2) is 9.97 Å². The first kappa shape index (κ1) is 22.8. The fourth-order valence-electron chi connectivity index (χ4n) is 2.96. The number of hydrogen-bond acceptors (Lipinski definition) is 4. The monoisotopic (exact) mass is 509 g/mol. The lowest BCUT2D eigenvalue weighted by Crippen LogP contribution is -2.09. The van der Waals surface area contributed by atoms with E-state index in [1.165, 1.54) is 18.5 Å². The van der Waals surface area contributed by atoms with Crippen LogP contribution in [0.15, 0.2) is 77.5 Å². The standard InChI is InChI=1S/C22H15BrF3N3O.ClH/c23-15-6-8-19-17(10-15)21(28-13-27-19)29-16-7-9-20(18(11-16)22(24,25)26)30-12-14-4-2-1-3-5-14;/h1-11,13H,12H2,(H,27,28,29);1H. The topological polar surface area (TPSA) is 47.0 Å². The average Bonchev–Trinajstić information content (AvgIpc) is 2.73. The molecule has 3 aromatic carbocycles. The second kappa shape index (κ2) is 9.53. The first-order valence-electron chi connectivity index (χ1n) is 8.95. The molecule has 0 atom stereocenters. The van der Waals surface area contributed by atoms with Crippen molar-refractivity contribution in [2.45, 2.75) is 12.8 Å². The molecule has 0 unspecified atom stereocenters. The lowest BCUT2D eigenvalue weighted by molar-refractivity contribution is -0.139. The van der Waals surface area contributed by atoms with Gasteiger partial charge in [-0.1, -0.05) is 46.3 Å². The summed E-state index contributed by atoms with van der Waals surface area (Å²) < 4.78 is 47.3. The van der Waals surface area contributed by atoms with Crippen LogP contribution in [0.2, 0.25) is 0 Å². The minimum absolute atomic E-state index is 0. The summed E-state index contributed by atoms with van der Waals surface area (Å²) in [5.41, 5.74) is 0.845. The van der Waals surface area contributed by atoms with E-state index < -0.39 is 11.7 Å². The van der Waals surface area contributed by atoms with Crippen molar-refractivity contribution in [1.82, 2.24) is 9.97 Å². The van der Waals surface area contributed by atoms with Crippen LogP contribution in [0.1, 0.15) is 11.1 Å². The Morgan fingerprint density at radius 3 is 2.45 bits per heavy atom. The zero-order valence-electron chi connectivity index (χ0n) is 15.9. The zero-order valence-corrected chi connectivity index (χ0v) is 18.3. The number of aromatic nitrogens is 2. The average molecular weight is 511 g/mol. The lowest BCUT2D eigenvalue weighted by atomic mass is 10.1. The number of alkyl halides is 3. The van der Waals surface area contributed by atoms with Crippen LogP contribution in [0, 0.1) is 0 Å². The minimum Gasteiger partial charge on any atom is -0.488 e. The van der Waals surface area contributed by atoms with E-state index in [4.69, 9.17) is 4.74 Å². The molecule has 1 N–H and O–H groups in total. The predicted octanol–water partition coefficient (Wildman–Crippen LogP) is 7.16. The molecular weight excluding hydrogens is 495 g/mol. The third-order valence-corrected chi connectivity index (χ3v) is 4.88. The highest BCUT2D eigenvalue weighted by Gasteiger charge is 2.35. The molecule has 0 saturated heterocycles. The van der Waals surface area contributed by atoms with Gasteiger partial charge in [0, 0.05) is 15.5 Å². The third-order valence-electron chi connectivity index (χ3n) is 4.38. The molecule has 0 aliphatic heterocycles. The Balaban J connectivity index is 0.00000272. The van der Waals surface area contributed by atoms with Crippen molar-refractivity contribution in [2.75, 3.05) is 5.32 Å². The maximum absolute atomic E-state index is 13.7. The first-order chi connectivity index (χ1) is 14.4. The number of fused-ring (bicyclic) bond motifs is 1. The van der Waals surface area contributed by atoms with Gasteiger partial charge in [0.15, 0.2) is 0 Å². The Bertz CT molecular complexity index is 1190. The summed E-state index contributed by atoms with van der Waals surface area (Å²) in [6, 6.07) is 18.3. The smallest absolute Gasteiger partial charge is 0.420 e. The van der Waals surface area contributed by atoms with Crippen LogP contribution in [-0.2, 0) is 12.8 Å². The molecule has 0 bridgehead atoms. The van der Waals surface area contributed by atoms with Crippen LogP contribution in [0.25, 0.3) is 10.9 Å². The van der Waals surface area contributed by atoms with Gasteiger partial charge in [-0.15, -0.1) is 12.4 Å². The van der Waals surface area contributed by atoms with Crippen molar-refractivity contribution < 1.29 is 17.9 Å². The lowest BCUT2D eigenvalue weighted by Gasteiger charge is -2.16. The fraction of sp³-hybridized carbons (Fsp3) is 0.0909. The SMILES string of the molecule is Cl.FC(F)(F)c1cc(Nc2ncnc3ccc(Br)cc23)ccc1OCc1ccccc1. The summed E-state index contributed by atoms with van der Waals surface area (Å²) in [6.07, 6.45) is -3.21.